The van der Waals surface area contributed by atoms with Crippen LogP contribution in [0.4, 0.5) is 0 Å². The Morgan fingerprint density at radius 3 is 2.25 bits per heavy atom. The quantitative estimate of drug-likeness (QED) is 0.654. The minimum atomic E-state index is 0.180. The lowest BCUT2D eigenvalue weighted by atomic mass is 9.87. The van der Waals surface area contributed by atoms with Crippen molar-refractivity contribution in [1.29, 1.82) is 0 Å². The molecule has 1 heteroatoms. The molecule has 0 unspecified atom stereocenters. The molecule has 1 aromatic rings. The molecule has 68 valence electrons. The summed E-state index contributed by atoms with van der Waals surface area (Å²) in [6.45, 7) is 10.7. The van der Waals surface area contributed by atoms with Crippen LogP contribution in [0.5, 0.6) is 0 Å². The molecule has 0 aromatic carbocycles. The van der Waals surface area contributed by atoms with Crippen molar-refractivity contribution in [2.45, 2.75) is 46.5 Å². The highest BCUT2D eigenvalue weighted by atomic mass is 16.3. The van der Waals surface area contributed by atoms with E-state index in [0.717, 1.165) is 17.9 Å². The van der Waals surface area contributed by atoms with Crippen LogP contribution in [0.2, 0.25) is 0 Å². The highest BCUT2D eigenvalue weighted by molar-refractivity contribution is 5.23. The average Bonchev–Trinajstić information content (AvgIpc) is 2.33. The van der Waals surface area contributed by atoms with E-state index in [4.69, 9.17) is 4.42 Å². The molecule has 0 atom stereocenters. The summed E-state index contributed by atoms with van der Waals surface area (Å²) in [6, 6.07) is 2.15. The van der Waals surface area contributed by atoms with Gasteiger partial charge in [0, 0.05) is 5.41 Å². The van der Waals surface area contributed by atoms with Crippen molar-refractivity contribution in [3.8, 4) is 0 Å². The van der Waals surface area contributed by atoms with Crippen LogP contribution in [0.1, 0.15) is 44.3 Å². The van der Waals surface area contributed by atoms with Crippen molar-refractivity contribution in [2.75, 3.05) is 0 Å². The molecule has 0 spiro atoms. The van der Waals surface area contributed by atoms with Crippen LogP contribution in [-0.2, 0) is 5.41 Å². The van der Waals surface area contributed by atoms with Gasteiger partial charge in [0.15, 0.2) is 0 Å². The minimum Gasteiger partial charge on any atom is -0.466 e. The molecule has 0 saturated carbocycles. The zero-order valence-corrected chi connectivity index (χ0v) is 8.69. The van der Waals surface area contributed by atoms with Crippen molar-refractivity contribution in [3.05, 3.63) is 23.2 Å². The maximum absolute atomic E-state index is 5.67. The first-order chi connectivity index (χ1) is 5.47. The summed E-state index contributed by atoms with van der Waals surface area (Å²) in [6.07, 6.45) is 1.11. The van der Waals surface area contributed by atoms with Crippen LogP contribution in [0.3, 0.4) is 0 Å². The molecule has 0 fully saturated rings. The molecule has 0 saturated heterocycles. The Morgan fingerprint density at radius 1 is 1.33 bits per heavy atom. The van der Waals surface area contributed by atoms with Gasteiger partial charge in [-0.15, -0.1) is 0 Å². The second-order valence-corrected chi connectivity index (χ2v) is 4.09. The van der Waals surface area contributed by atoms with Crippen LogP contribution in [0, 0.1) is 13.8 Å². The van der Waals surface area contributed by atoms with Crippen LogP contribution < -0.4 is 0 Å². The molecule has 0 bridgehead atoms. The van der Waals surface area contributed by atoms with E-state index >= 15 is 0 Å². The lowest BCUT2D eigenvalue weighted by Crippen LogP contribution is -2.13. The molecule has 0 aliphatic heterocycles. The van der Waals surface area contributed by atoms with Crippen molar-refractivity contribution < 1.29 is 4.42 Å². The van der Waals surface area contributed by atoms with E-state index in [9.17, 15) is 0 Å². The Bertz CT molecular complexity index is 249. The second kappa shape index (κ2) is 2.96. The Balaban J connectivity index is 3.04. The summed E-state index contributed by atoms with van der Waals surface area (Å²) in [5, 5.41) is 0. The minimum absolute atomic E-state index is 0.180. The van der Waals surface area contributed by atoms with E-state index in [1.165, 1.54) is 5.56 Å². The molecular formula is C11H18O. The standard InChI is InChI=1S/C11H18O/c1-6-11(4,5)10-7-8(2)9(3)12-10/h7H,6H2,1-5H3. The number of rotatable bonds is 2. The van der Waals surface area contributed by atoms with E-state index in [1.807, 2.05) is 6.92 Å². The monoisotopic (exact) mass is 166 g/mol. The summed E-state index contributed by atoms with van der Waals surface area (Å²) >= 11 is 0. The summed E-state index contributed by atoms with van der Waals surface area (Å²) < 4.78 is 5.67. The fraction of sp³-hybridized carbons (Fsp3) is 0.636. The van der Waals surface area contributed by atoms with Gasteiger partial charge in [0.05, 0.1) is 0 Å². The molecule has 0 aliphatic rings. The number of hydrogen-bond acceptors (Lipinski definition) is 1. The first kappa shape index (κ1) is 9.37. The van der Waals surface area contributed by atoms with Gasteiger partial charge in [-0.1, -0.05) is 20.8 Å². The van der Waals surface area contributed by atoms with Gasteiger partial charge in [0.25, 0.3) is 0 Å². The average molecular weight is 166 g/mol. The number of furan rings is 1. The second-order valence-electron chi connectivity index (χ2n) is 4.09. The van der Waals surface area contributed by atoms with Gasteiger partial charge >= 0.3 is 0 Å². The molecule has 0 N–H and O–H groups in total. The van der Waals surface area contributed by atoms with Gasteiger partial charge in [-0.05, 0) is 31.9 Å². The van der Waals surface area contributed by atoms with Crippen LogP contribution in [0.25, 0.3) is 0 Å². The third-order valence-electron chi connectivity index (χ3n) is 2.72. The Kier molecular flexibility index (Phi) is 2.31. The molecule has 1 aromatic heterocycles. The van der Waals surface area contributed by atoms with Gasteiger partial charge in [0.1, 0.15) is 11.5 Å². The van der Waals surface area contributed by atoms with Crippen molar-refractivity contribution in [3.63, 3.8) is 0 Å². The lowest BCUT2D eigenvalue weighted by Gasteiger charge is -2.18. The van der Waals surface area contributed by atoms with E-state index in [-0.39, 0.29) is 5.41 Å². The Morgan fingerprint density at radius 2 is 1.92 bits per heavy atom. The molecule has 12 heavy (non-hydrogen) atoms. The molecule has 1 rings (SSSR count). The molecule has 0 amide bonds. The molecule has 0 radical (unpaired) electrons. The van der Waals surface area contributed by atoms with Gasteiger partial charge < -0.3 is 4.42 Å². The van der Waals surface area contributed by atoms with Crippen LogP contribution in [0.15, 0.2) is 10.5 Å². The third-order valence-corrected chi connectivity index (χ3v) is 2.72. The summed E-state index contributed by atoms with van der Waals surface area (Å²) in [4.78, 5) is 0. The predicted molar refractivity (Wildman–Crippen MR) is 51.5 cm³/mol. The van der Waals surface area contributed by atoms with Crippen LogP contribution >= 0.6 is 0 Å². The van der Waals surface area contributed by atoms with Crippen LogP contribution in [-0.4, -0.2) is 0 Å². The largest absolute Gasteiger partial charge is 0.466 e. The number of hydrogen-bond donors (Lipinski definition) is 0. The van der Waals surface area contributed by atoms with Gasteiger partial charge in [0.2, 0.25) is 0 Å². The van der Waals surface area contributed by atoms with Gasteiger partial charge in [-0.25, -0.2) is 0 Å². The van der Waals surface area contributed by atoms with E-state index in [0.29, 0.717) is 0 Å². The van der Waals surface area contributed by atoms with Crippen molar-refractivity contribution in [2.24, 2.45) is 0 Å². The molecular weight excluding hydrogens is 148 g/mol. The number of aryl methyl sites for hydroxylation is 2. The molecule has 0 aliphatic carbocycles. The van der Waals surface area contributed by atoms with E-state index in [2.05, 4.69) is 33.8 Å². The Labute approximate surface area is 74.8 Å². The first-order valence-corrected chi connectivity index (χ1v) is 4.55. The normalized spacial score (nSPS) is 12.1. The highest BCUT2D eigenvalue weighted by Crippen LogP contribution is 2.29. The predicted octanol–water partition coefficient (Wildman–Crippen LogP) is 3.58. The first-order valence-electron chi connectivity index (χ1n) is 4.55. The van der Waals surface area contributed by atoms with E-state index in [1.54, 1.807) is 0 Å². The fourth-order valence-corrected chi connectivity index (χ4v) is 1.08. The zero-order chi connectivity index (χ0) is 9.35. The maximum Gasteiger partial charge on any atom is 0.110 e. The van der Waals surface area contributed by atoms with Gasteiger partial charge in [-0.2, -0.15) is 0 Å². The zero-order valence-electron chi connectivity index (χ0n) is 8.69. The van der Waals surface area contributed by atoms with E-state index < -0.39 is 0 Å². The van der Waals surface area contributed by atoms with Gasteiger partial charge in [-0.3, -0.25) is 0 Å². The Hall–Kier alpha value is -0.720. The smallest absolute Gasteiger partial charge is 0.110 e. The molecule has 1 nitrogen and oxygen atoms in total. The maximum atomic E-state index is 5.67. The third kappa shape index (κ3) is 1.55. The summed E-state index contributed by atoms with van der Waals surface area (Å²) in [7, 11) is 0. The fourth-order valence-electron chi connectivity index (χ4n) is 1.08. The molecule has 1 heterocycles. The highest BCUT2D eigenvalue weighted by Gasteiger charge is 2.22. The van der Waals surface area contributed by atoms with Crippen molar-refractivity contribution in [1.82, 2.24) is 0 Å². The SMILES string of the molecule is CCC(C)(C)c1cc(C)c(C)o1. The topological polar surface area (TPSA) is 13.1 Å². The summed E-state index contributed by atoms with van der Waals surface area (Å²) in [5.74, 6) is 2.16. The lowest BCUT2D eigenvalue weighted by molar-refractivity contribution is 0.364. The summed E-state index contributed by atoms with van der Waals surface area (Å²) in [5.41, 5.74) is 1.44. The van der Waals surface area contributed by atoms with Crippen molar-refractivity contribution >= 4 is 0 Å².